The van der Waals surface area contributed by atoms with Crippen molar-refractivity contribution >= 4 is 17.2 Å². The first kappa shape index (κ1) is 10.1. The fourth-order valence-electron chi connectivity index (χ4n) is 0.821. The third-order valence-corrected chi connectivity index (χ3v) is 2.51. The highest BCUT2D eigenvalue weighted by Crippen LogP contribution is 2.22. The minimum atomic E-state index is -1.62. The average Bonchev–Trinajstić information content (AvgIpc) is 2.49. The van der Waals surface area contributed by atoms with Crippen LogP contribution in [0.3, 0.4) is 0 Å². The van der Waals surface area contributed by atoms with Crippen LogP contribution in [0.4, 0.5) is 4.39 Å². The molecule has 1 heterocycles. The zero-order chi connectivity index (χ0) is 10.0. The van der Waals surface area contributed by atoms with E-state index in [0.29, 0.717) is 0 Å². The summed E-state index contributed by atoms with van der Waals surface area (Å²) in [5.74, 6) is -0.561. The van der Waals surface area contributed by atoms with Gasteiger partial charge in [-0.3, -0.25) is 4.79 Å². The highest BCUT2D eigenvalue weighted by Gasteiger charge is 2.23. The number of hydrogen-bond acceptors (Lipinski definition) is 3. The standard InChI is InChI=1S/C8H11FN2OS/c1-5-4-13-7(10-5)6(9)8(12)11(2)3/h4,6H,1-3H3. The molecule has 3 nitrogen and oxygen atoms in total. The van der Waals surface area contributed by atoms with Crippen molar-refractivity contribution in [2.24, 2.45) is 0 Å². The molecule has 5 heteroatoms. The first-order chi connectivity index (χ1) is 6.02. The Morgan fingerprint density at radius 3 is 2.69 bits per heavy atom. The van der Waals surface area contributed by atoms with Gasteiger partial charge in [0.1, 0.15) is 5.01 Å². The van der Waals surface area contributed by atoms with Gasteiger partial charge in [-0.1, -0.05) is 0 Å². The van der Waals surface area contributed by atoms with Crippen LogP contribution in [0.15, 0.2) is 5.38 Å². The molecule has 1 aromatic heterocycles. The van der Waals surface area contributed by atoms with E-state index in [4.69, 9.17) is 0 Å². The van der Waals surface area contributed by atoms with Crippen molar-refractivity contribution in [1.29, 1.82) is 0 Å². The molecule has 1 rings (SSSR count). The van der Waals surface area contributed by atoms with E-state index in [1.807, 2.05) is 0 Å². The minimum absolute atomic E-state index is 0.233. The largest absolute Gasteiger partial charge is 0.346 e. The number of carbonyl (C=O) groups is 1. The van der Waals surface area contributed by atoms with Crippen molar-refractivity contribution < 1.29 is 9.18 Å². The molecule has 0 aliphatic carbocycles. The molecule has 0 aliphatic rings. The minimum Gasteiger partial charge on any atom is -0.346 e. The Morgan fingerprint density at radius 1 is 1.69 bits per heavy atom. The van der Waals surface area contributed by atoms with Crippen molar-refractivity contribution in [3.63, 3.8) is 0 Å². The summed E-state index contributed by atoms with van der Waals surface area (Å²) in [4.78, 5) is 16.3. The lowest BCUT2D eigenvalue weighted by atomic mass is 10.3. The van der Waals surface area contributed by atoms with Crippen molar-refractivity contribution in [2.75, 3.05) is 14.1 Å². The van der Waals surface area contributed by atoms with Crippen LogP contribution in [0.25, 0.3) is 0 Å². The molecule has 72 valence electrons. The number of likely N-dealkylation sites (N-methyl/N-ethyl adjacent to an activating group) is 1. The number of rotatable bonds is 2. The van der Waals surface area contributed by atoms with Crippen molar-refractivity contribution in [3.8, 4) is 0 Å². The Labute approximate surface area is 80.2 Å². The molecule has 0 fully saturated rings. The number of carbonyl (C=O) groups excluding carboxylic acids is 1. The molecule has 0 radical (unpaired) electrons. The second kappa shape index (κ2) is 3.83. The van der Waals surface area contributed by atoms with Gasteiger partial charge in [0.15, 0.2) is 0 Å². The first-order valence-corrected chi connectivity index (χ1v) is 4.67. The highest BCUT2D eigenvalue weighted by atomic mass is 32.1. The second-order valence-corrected chi connectivity index (χ2v) is 3.81. The van der Waals surface area contributed by atoms with E-state index in [9.17, 15) is 9.18 Å². The Balaban J connectivity index is 2.79. The fraction of sp³-hybridized carbons (Fsp3) is 0.500. The van der Waals surface area contributed by atoms with Gasteiger partial charge < -0.3 is 4.90 Å². The van der Waals surface area contributed by atoms with E-state index in [1.165, 1.54) is 30.3 Å². The number of hydrogen-bond donors (Lipinski definition) is 0. The van der Waals surface area contributed by atoms with Crippen molar-refractivity contribution in [3.05, 3.63) is 16.1 Å². The number of aromatic nitrogens is 1. The summed E-state index contributed by atoms with van der Waals surface area (Å²) in [6.07, 6.45) is -1.62. The molecule has 1 unspecified atom stereocenters. The Kier molecular flexibility index (Phi) is 2.98. The van der Waals surface area contributed by atoms with Gasteiger partial charge in [-0.2, -0.15) is 0 Å². The molecule has 0 saturated carbocycles. The first-order valence-electron chi connectivity index (χ1n) is 3.79. The quantitative estimate of drug-likeness (QED) is 0.729. The molecule has 0 saturated heterocycles. The van der Waals surface area contributed by atoms with E-state index in [2.05, 4.69) is 4.98 Å². The summed E-state index contributed by atoms with van der Waals surface area (Å²) >= 11 is 1.17. The molecule has 1 atom stereocenters. The van der Waals surface area contributed by atoms with E-state index in [-0.39, 0.29) is 5.01 Å². The van der Waals surface area contributed by atoms with Gasteiger partial charge in [-0.05, 0) is 6.92 Å². The summed E-state index contributed by atoms with van der Waals surface area (Å²) in [5, 5.41) is 1.96. The maximum Gasteiger partial charge on any atom is 0.263 e. The molecule has 1 amide bonds. The van der Waals surface area contributed by atoms with Crippen LogP contribution >= 0.6 is 11.3 Å². The van der Waals surface area contributed by atoms with Crippen LogP contribution in [0.1, 0.15) is 16.9 Å². The summed E-state index contributed by atoms with van der Waals surface area (Å²) in [7, 11) is 3.05. The molecule has 0 aliphatic heterocycles. The van der Waals surface area contributed by atoms with Crippen LogP contribution < -0.4 is 0 Å². The number of halogens is 1. The van der Waals surface area contributed by atoms with Gasteiger partial charge in [0.25, 0.3) is 5.91 Å². The SMILES string of the molecule is Cc1csc(C(F)C(=O)N(C)C)n1. The van der Waals surface area contributed by atoms with Gasteiger partial charge in [0.2, 0.25) is 6.17 Å². The molecule has 0 spiro atoms. The van der Waals surface area contributed by atoms with Crippen LogP contribution in [0.2, 0.25) is 0 Å². The van der Waals surface area contributed by atoms with Crippen molar-refractivity contribution in [2.45, 2.75) is 13.1 Å². The maximum absolute atomic E-state index is 13.3. The van der Waals surface area contributed by atoms with Crippen LogP contribution in [-0.2, 0) is 4.79 Å². The van der Waals surface area contributed by atoms with Gasteiger partial charge >= 0.3 is 0 Å². The predicted octanol–water partition coefficient (Wildman–Crippen LogP) is 1.55. The van der Waals surface area contributed by atoms with E-state index in [0.717, 1.165) is 5.69 Å². The average molecular weight is 202 g/mol. The number of aryl methyl sites for hydroxylation is 1. The van der Waals surface area contributed by atoms with Gasteiger partial charge in [-0.25, -0.2) is 9.37 Å². The highest BCUT2D eigenvalue weighted by molar-refractivity contribution is 7.09. The van der Waals surface area contributed by atoms with E-state index in [1.54, 1.807) is 12.3 Å². The summed E-state index contributed by atoms with van der Waals surface area (Å²) in [6, 6.07) is 0. The molecule has 13 heavy (non-hydrogen) atoms. The van der Waals surface area contributed by atoms with Gasteiger partial charge in [0, 0.05) is 25.2 Å². The zero-order valence-electron chi connectivity index (χ0n) is 7.74. The van der Waals surface area contributed by atoms with E-state index >= 15 is 0 Å². The van der Waals surface area contributed by atoms with E-state index < -0.39 is 12.1 Å². The van der Waals surface area contributed by atoms with Crippen LogP contribution in [0.5, 0.6) is 0 Å². The lowest BCUT2D eigenvalue weighted by Crippen LogP contribution is -2.25. The lowest BCUT2D eigenvalue weighted by Gasteiger charge is -2.11. The van der Waals surface area contributed by atoms with Crippen LogP contribution in [-0.4, -0.2) is 29.9 Å². The Morgan fingerprint density at radius 2 is 2.31 bits per heavy atom. The fourth-order valence-corrected chi connectivity index (χ4v) is 1.58. The summed E-state index contributed by atoms with van der Waals surface area (Å²) in [6.45, 7) is 1.77. The monoisotopic (exact) mass is 202 g/mol. The molecule has 0 N–H and O–H groups in total. The molecular formula is C8H11FN2OS. The summed E-state index contributed by atoms with van der Waals surface area (Å²) < 4.78 is 13.3. The number of amides is 1. The van der Waals surface area contributed by atoms with Gasteiger partial charge in [-0.15, -0.1) is 11.3 Å². The Bertz CT molecular complexity index is 311. The molecule has 0 bridgehead atoms. The third kappa shape index (κ3) is 2.24. The third-order valence-electron chi connectivity index (χ3n) is 1.51. The maximum atomic E-state index is 13.3. The number of nitrogens with zero attached hydrogens (tertiary/aromatic N) is 2. The Hall–Kier alpha value is -0.970. The lowest BCUT2D eigenvalue weighted by molar-refractivity contribution is -0.134. The number of alkyl halides is 1. The smallest absolute Gasteiger partial charge is 0.263 e. The molecule has 0 aromatic carbocycles. The number of thiazole rings is 1. The molecular weight excluding hydrogens is 191 g/mol. The topological polar surface area (TPSA) is 33.2 Å². The summed E-state index contributed by atoms with van der Waals surface area (Å²) in [5.41, 5.74) is 0.745. The second-order valence-electron chi connectivity index (χ2n) is 2.92. The molecule has 1 aromatic rings. The van der Waals surface area contributed by atoms with Crippen molar-refractivity contribution in [1.82, 2.24) is 9.88 Å². The van der Waals surface area contributed by atoms with Crippen LogP contribution in [0, 0.1) is 6.92 Å². The zero-order valence-corrected chi connectivity index (χ0v) is 8.56. The normalized spacial score (nSPS) is 12.6. The predicted molar refractivity (Wildman–Crippen MR) is 49.4 cm³/mol. The van der Waals surface area contributed by atoms with Gasteiger partial charge in [0.05, 0.1) is 0 Å².